The van der Waals surface area contributed by atoms with Gasteiger partial charge < -0.3 is 13.9 Å². The summed E-state index contributed by atoms with van der Waals surface area (Å²) < 4.78 is 15.6. The Kier molecular flexibility index (Phi) is 5.99. The molecule has 0 spiro atoms. The van der Waals surface area contributed by atoms with Crippen LogP contribution in [-0.2, 0) is 11.3 Å². The Hall–Kier alpha value is -3.41. The van der Waals surface area contributed by atoms with Crippen molar-refractivity contribution in [1.29, 1.82) is 0 Å². The predicted octanol–water partition coefficient (Wildman–Crippen LogP) is 4.82. The smallest absolute Gasteiger partial charge is 0.373 e. The molecule has 6 heteroatoms. The van der Waals surface area contributed by atoms with Crippen LogP contribution in [0.1, 0.15) is 33.5 Å². The van der Waals surface area contributed by atoms with E-state index in [0.29, 0.717) is 12.3 Å². The molecule has 2 aromatic carbocycles. The summed E-state index contributed by atoms with van der Waals surface area (Å²) in [4.78, 5) is 11.7. The average molecular weight is 364 g/mol. The lowest BCUT2D eigenvalue weighted by molar-refractivity contribution is 0.0562. The summed E-state index contributed by atoms with van der Waals surface area (Å²) in [7, 11) is 2.92. The van der Waals surface area contributed by atoms with Crippen molar-refractivity contribution >= 4 is 5.97 Å². The number of furan rings is 1. The highest BCUT2D eigenvalue weighted by molar-refractivity contribution is 5.86. The van der Waals surface area contributed by atoms with E-state index in [1.165, 1.54) is 7.11 Å². The number of azo groups is 1. The van der Waals surface area contributed by atoms with Gasteiger partial charge in [-0.05, 0) is 35.4 Å². The van der Waals surface area contributed by atoms with Gasteiger partial charge in [0.1, 0.15) is 11.5 Å². The van der Waals surface area contributed by atoms with Crippen LogP contribution in [0.2, 0.25) is 0 Å². The van der Waals surface area contributed by atoms with E-state index >= 15 is 0 Å². The molecule has 0 fully saturated rings. The molecule has 0 N–H and O–H groups in total. The van der Waals surface area contributed by atoms with Gasteiger partial charge in [-0.1, -0.05) is 42.5 Å². The molecule has 138 valence electrons. The summed E-state index contributed by atoms with van der Waals surface area (Å²) in [5.74, 6) is 0.853. The zero-order chi connectivity index (χ0) is 19.1. The summed E-state index contributed by atoms with van der Waals surface area (Å²) >= 11 is 0. The number of rotatable bonds is 7. The van der Waals surface area contributed by atoms with Crippen LogP contribution in [0.3, 0.4) is 0 Å². The van der Waals surface area contributed by atoms with E-state index in [-0.39, 0.29) is 5.76 Å². The Bertz CT molecular complexity index is 901. The van der Waals surface area contributed by atoms with Crippen molar-refractivity contribution in [2.75, 3.05) is 14.2 Å². The lowest BCUT2D eigenvalue weighted by atomic mass is 10.1. The normalized spacial score (nSPS) is 12.1. The second kappa shape index (κ2) is 8.80. The molecule has 0 aliphatic rings. The van der Waals surface area contributed by atoms with Crippen molar-refractivity contribution in [3.05, 3.63) is 89.4 Å². The topological polar surface area (TPSA) is 73.4 Å². The molecule has 27 heavy (non-hydrogen) atoms. The first-order valence-corrected chi connectivity index (χ1v) is 8.44. The van der Waals surface area contributed by atoms with E-state index in [0.717, 1.165) is 16.9 Å². The zero-order valence-corrected chi connectivity index (χ0v) is 15.2. The molecule has 0 aliphatic heterocycles. The first kappa shape index (κ1) is 18.4. The van der Waals surface area contributed by atoms with E-state index < -0.39 is 12.0 Å². The Morgan fingerprint density at radius 1 is 1.00 bits per heavy atom. The minimum Gasteiger partial charge on any atom is -0.497 e. The van der Waals surface area contributed by atoms with Gasteiger partial charge in [-0.15, -0.1) is 0 Å². The molecule has 1 heterocycles. The number of carbonyl (C=O) groups excluding carboxylic acids is 1. The summed E-state index contributed by atoms with van der Waals surface area (Å²) in [6.45, 7) is 0.456. The Labute approximate surface area is 157 Å². The van der Waals surface area contributed by atoms with E-state index in [9.17, 15) is 4.79 Å². The maximum Gasteiger partial charge on any atom is 0.373 e. The van der Waals surface area contributed by atoms with Gasteiger partial charge in [-0.25, -0.2) is 4.79 Å². The summed E-state index contributed by atoms with van der Waals surface area (Å²) in [6, 6.07) is 20.1. The van der Waals surface area contributed by atoms with Gasteiger partial charge in [0.25, 0.3) is 0 Å². The standard InChI is InChI=1S/C21H20N2O4/c1-25-17-10-8-16(9-11-17)20(18-12-13-19(27-18)21(24)26-2)23-22-14-15-6-4-3-5-7-15/h3-13,20H,14H2,1-2H3. The molecule has 0 bridgehead atoms. The maximum absolute atomic E-state index is 11.7. The molecule has 0 saturated carbocycles. The Morgan fingerprint density at radius 3 is 2.41 bits per heavy atom. The second-order valence-electron chi connectivity index (χ2n) is 5.77. The van der Waals surface area contributed by atoms with Crippen molar-refractivity contribution in [1.82, 2.24) is 0 Å². The fourth-order valence-corrected chi connectivity index (χ4v) is 2.57. The molecule has 0 aliphatic carbocycles. The third-order valence-electron chi connectivity index (χ3n) is 4.01. The average Bonchev–Trinajstić information content (AvgIpc) is 3.21. The molecular weight excluding hydrogens is 344 g/mol. The molecule has 1 aromatic heterocycles. The van der Waals surface area contributed by atoms with Crippen molar-refractivity contribution < 1.29 is 18.7 Å². The van der Waals surface area contributed by atoms with Crippen LogP contribution in [0.5, 0.6) is 5.75 Å². The summed E-state index contributed by atoms with van der Waals surface area (Å²) in [5.41, 5.74) is 1.93. The molecular formula is C21H20N2O4. The van der Waals surface area contributed by atoms with Gasteiger partial charge in [0.15, 0.2) is 6.04 Å². The van der Waals surface area contributed by atoms with Crippen LogP contribution < -0.4 is 4.74 Å². The third kappa shape index (κ3) is 4.61. The number of esters is 1. The van der Waals surface area contributed by atoms with Gasteiger partial charge in [0.2, 0.25) is 5.76 Å². The Morgan fingerprint density at radius 2 is 1.74 bits per heavy atom. The van der Waals surface area contributed by atoms with E-state index in [1.54, 1.807) is 19.2 Å². The molecule has 6 nitrogen and oxygen atoms in total. The van der Waals surface area contributed by atoms with Gasteiger partial charge in [-0.2, -0.15) is 10.2 Å². The minimum absolute atomic E-state index is 0.129. The molecule has 0 saturated heterocycles. The van der Waals surface area contributed by atoms with E-state index in [4.69, 9.17) is 13.9 Å². The second-order valence-corrected chi connectivity index (χ2v) is 5.77. The van der Waals surface area contributed by atoms with Crippen molar-refractivity contribution in [2.24, 2.45) is 10.2 Å². The molecule has 1 unspecified atom stereocenters. The van der Waals surface area contributed by atoms with Crippen LogP contribution in [-0.4, -0.2) is 20.2 Å². The first-order chi connectivity index (χ1) is 13.2. The highest BCUT2D eigenvalue weighted by atomic mass is 16.5. The lowest BCUT2D eigenvalue weighted by Crippen LogP contribution is -2.00. The number of hydrogen-bond donors (Lipinski definition) is 0. The summed E-state index contributed by atoms with van der Waals surface area (Å²) in [6.07, 6.45) is 0. The Balaban J connectivity index is 1.88. The highest BCUT2D eigenvalue weighted by Gasteiger charge is 2.20. The summed E-state index contributed by atoms with van der Waals surface area (Å²) in [5, 5.41) is 8.78. The number of methoxy groups -OCH3 is 2. The molecule has 3 rings (SSSR count). The zero-order valence-electron chi connectivity index (χ0n) is 15.2. The van der Waals surface area contributed by atoms with Gasteiger partial charge in [0.05, 0.1) is 20.8 Å². The number of ether oxygens (including phenoxy) is 2. The van der Waals surface area contributed by atoms with E-state index in [1.807, 2.05) is 54.6 Å². The van der Waals surface area contributed by atoms with Crippen LogP contribution >= 0.6 is 0 Å². The largest absolute Gasteiger partial charge is 0.497 e. The van der Waals surface area contributed by atoms with Crippen LogP contribution in [0.4, 0.5) is 0 Å². The van der Waals surface area contributed by atoms with E-state index in [2.05, 4.69) is 10.2 Å². The number of hydrogen-bond acceptors (Lipinski definition) is 6. The fourth-order valence-electron chi connectivity index (χ4n) is 2.57. The molecule has 3 aromatic rings. The first-order valence-electron chi connectivity index (χ1n) is 8.44. The molecule has 0 amide bonds. The lowest BCUT2D eigenvalue weighted by Gasteiger charge is -2.10. The molecule has 1 atom stereocenters. The van der Waals surface area contributed by atoms with Gasteiger partial charge in [0, 0.05) is 0 Å². The van der Waals surface area contributed by atoms with Gasteiger partial charge in [-0.3, -0.25) is 0 Å². The SMILES string of the molecule is COC(=O)c1ccc(C(N=NCc2ccccc2)c2ccc(OC)cc2)o1. The van der Waals surface area contributed by atoms with Gasteiger partial charge >= 0.3 is 5.97 Å². The van der Waals surface area contributed by atoms with Crippen molar-refractivity contribution in [2.45, 2.75) is 12.6 Å². The number of benzene rings is 2. The fraction of sp³-hybridized carbons (Fsp3) is 0.190. The number of carbonyl (C=O) groups is 1. The van der Waals surface area contributed by atoms with Crippen molar-refractivity contribution in [3.63, 3.8) is 0 Å². The van der Waals surface area contributed by atoms with Crippen molar-refractivity contribution in [3.8, 4) is 5.75 Å². The maximum atomic E-state index is 11.7. The van der Waals surface area contributed by atoms with Crippen LogP contribution in [0, 0.1) is 0 Å². The molecule has 0 radical (unpaired) electrons. The highest BCUT2D eigenvalue weighted by Crippen LogP contribution is 2.30. The third-order valence-corrected chi connectivity index (χ3v) is 4.01. The quantitative estimate of drug-likeness (QED) is 0.445. The van der Waals surface area contributed by atoms with Crippen LogP contribution in [0.25, 0.3) is 0 Å². The minimum atomic E-state index is -0.532. The van der Waals surface area contributed by atoms with Crippen LogP contribution in [0.15, 0.2) is 81.4 Å². The monoisotopic (exact) mass is 364 g/mol. The predicted molar refractivity (Wildman–Crippen MR) is 99.9 cm³/mol. The number of nitrogens with zero attached hydrogens (tertiary/aromatic N) is 2.